The number of sulfone groups is 1. The standard InChI is InChI=1S/C11H14BrN3O4S2/c12-7-3-9(13-4-7)11(17)15-14-10(16)5-20-8-1-2-21(18,19)6-8/h3-4,8,13H,1-2,5-6H2,(H,14,16)(H,15,17)/t8-/m1/s1. The molecule has 7 nitrogen and oxygen atoms in total. The van der Waals surface area contributed by atoms with Gasteiger partial charge in [-0.25, -0.2) is 8.42 Å². The number of halogens is 1. The molecule has 1 aliphatic heterocycles. The normalized spacial score (nSPS) is 20.1. The number of thioether (sulfide) groups is 1. The van der Waals surface area contributed by atoms with Crippen LogP contribution in [0.2, 0.25) is 0 Å². The van der Waals surface area contributed by atoms with Gasteiger partial charge in [-0.2, -0.15) is 0 Å². The molecule has 0 spiro atoms. The number of hydrogen-bond donors (Lipinski definition) is 3. The summed E-state index contributed by atoms with van der Waals surface area (Å²) in [5, 5.41) is -0.0455. The van der Waals surface area contributed by atoms with Crippen LogP contribution in [-0.4, -0.2) is 47.7 Å². The summed E-state index contributed by atoms with van der Waals surface area (Å²) in [6.07, 6.45) is 2.18. The molecule has 0 aliphatic carbocycles. The fourth-order valence-corrected chi connectivity index (χ4v) is 5.60. The topological polar surface area (TPSA) is 108 Å². The monoisotopic (exact) mass is 395 g/mol. The molecule has 2 heterocycles. The van der Waals surface area contributed by atoms with Crippen LogP contribution in [0.15, 0.2) is 16.7 Å². The van der Waals surface area contributed by atoms with Crippen molar-refractivity contribution in [1.82, 2.24) is 15.8 Å². The van der Waals surface area contributed by atoms with Gasteiger partial charge in [-0.15, -0.1) is 11.8 Å². The highest BCUT2D eigenvalue weighted by atomic mass is 79.9. The molecular weight excluding hydrogens is 382 g/mol. The summed E-state index contributed by atoms with van der Waals surface area (Å²) in [4.78, 5) is 26.0. The number of aromatic amines is 1. The highest BCUT2D eigenvalue weighted by Gasteiger charge is 2.28. The summed E-state index contributed by atoms with van der Waals surface area (Å²) in [6.45, 7) is 0. The van der Waals surface area contributed by atoms with E-state index in [4.69, 9.17) is 0 Å². The summed E-state index contributed by atoms with van der Waals surface area (Å²) in [7, 11) is -2.93. The zero-order valence-electron chi connectivity index (χ0n) is 10.9. The van der Waals surface area contributed by atoms with Gasteiger partial charge in [0.1, 0.15) is 5.69 Å². The van der Waals surface area contributed by atoms with Gasteiger partial charge < -0.3 is 4.98 Å². The van der Waals surface area contributed by atoms with Gasteiger partial charge in [0.2, 0.25) is 5.91 Å². The summed E-state index contributed by atoms with van der Waals surface area (Å²) in [6, 6.07) is 1.58. The summed E-state index contributed by atoms with van der Waals surface area (Å²) < 4.78 is 23.3. The second kappa shape index (κ2) is 6.84. The Bertz CT molecular complexity index is 644. The molecule has 1 aromatic rings. The molecule has 0 unspecified atom stereocenters. The zero-order valence-corrected chi connectivity index (χ0v) is 14.1. The van der Waals surface area contributed by atoms with Crippen LogP contribution in [0.4, 0.5) is 0 Å². The van der Waals surface area contributed by atoms with Crippen LogP contribution in [0, 0.1) is 0 Å². The van der Waals surface area contributed by atoms with Crippen LogP contribution >= 0.6 is 27.7 Å². The number of carbonyl (C=O) groups is 2. The predicted molar refractivity (Wildman–Crippen MR) is 83.6 cm³/mol. The molecule has 21 heavy (non-hydrogen) atoms. The van der Waals surface area contributed by atoms with Crippen LogP contribution in [0.25, 0.3) is 0 Å². The van der Waals surface area contributed by atoms with E-state index < -0.39 is 15.7 Å². The quantitative estimate of drug-likeness (QED) is 0.641. The smallest absolute Gasteiger partial charge is 0.286 e. The molecule has 0 bridgehead atoms. The lowest BCUT2D eigenvalue weighted by Gasteiger charge is -2.08. The largest absolute Gasteiger partial charge is 0.356 e. The molecule has 0 radical (unpaired) electrons. The number of nitrogens with one attached hydrogen (secondary N) is 3. The van der Waals surface area contributed by atoms with Gasteiger partial charge in [-0.3, -0.25) is 20.4 Å². The van der Waals surface area contributed by atoms with Gasteiger partial charge in [-0.05, 0) is 28.4 Å². The first-order valence-corrected chi connectivity index (χ1v) is 9.77. The minimum absolute atomic E-state index is 0.0455. The van der Waals surface area contributed by atoms with E-state index in [-0.39, 0.29) is 28.4 Å². The zero-order chi connectivity index (χ0) is 15.5. The maximum Gasteiger partial charge on any atom is 0.286 e. The molecule has 10 heteroatoms. The number of aromatic nitrogens is 1. The Hall–Kier alpha value is -1.00. The van der Waals surface area contributed by atoms with Crippen LogP contribution < -0.4 is 10.9 Å². The van der Waals surface area contributed by atoms with E-state index in [2.05, 4.69) is 31.8 Å². The van der Waals surface area contributed by atoms with E-state index in [1.807, 2.05) is 0 Å². The molecule has 0 aromatic carbocycles. The first kappa shape index (κ1) is 16.4. The highest BCUT2D eigenvalue weighted by Crippen LogP contribution is 2.23. The minimum atomic E-state index is -2.93. The van der Waals surface area contributed by atoms with Gasteiger partial charge in [-0.1, -0.05) is 0 Å². The molecule has 1 atom stereocenters. The second-order valence-electron chi connectivity index (χ2n) is 4.57. The third-order valence-electron chi connectivity index (χ3n) is 2.85. The van der Waals surface area contributed by atoms with Gasteiger partial charge in [0.05, 0.1) is 17.3 Å². The molecule has 2 rings (SSSR count). The van der Waals surface area contributed by atoms with Crippen LogP contribution in [0.1, 0.15) is 16.9 Å². The fraction of sp³-hybridized carbons (Fsp3) is 0.455. The molecule has 1 aromatic heterocycles. The predicted octanol–water partition coefficient (Wildman–Crippen LogP) is 0.459. The van der Waals surface area contributed by atoms with Crippen molar-refractivity contribution >= 4 is 49.3 Å². The first-order valence-electron chi connectivity index (χ1n) is 6.11. The molecule has 1 aliphatic rings. The molecule has 0 saturated carbocycles. The summed E-state index contributed by atoms with van der Waals surface area (Å²) in [5.41, 5.74) is 4.89. The summed E-state index contributed by atoms with van der Waals surface area (Å²) in [5.74, 6) is -0.418. The van der Waals surface area contributed by atoms with E-state index in [0.717, 1.165) is 4.47 Å². The number of H-pyrrole nitrogens is 1. The fourth-order valence-electron chi connectivity index (χ4n) is 1.81. The van der Waals surface area contributed by atoms with Crippen LogP contribution in [0.5, 0.6) is 0 Å². The van der Waals surface area contributed by atoms with Gasteiger partial charge in [0.25, 0.3) is 5.91 Å². The highest BCUT2D eigenvalue weighted by molar-refractivity contribution is 9.10. The van der Waals surface area contributed by atoms with Crippen molar-refractivity contribution in [3.63, 3.8) is 0 Å². The van der Waals surface area contributed by atoms with E-state index in [1.54, 1.807) is 12.3 Å². The molecule has 2 amide bonds. The van der Waals surface area contributed by atoms with Crippen molar-refractivity contribution in [2.75, 3.05) is 17.3 Å². The first-order chi connectivity index (χ1) is 9.85. The Balaban J connectivity index is 1.69. The Morgan fingerprint density at radius 3 is 2.76 bits per heavy atom. The van der Waals surface area contributed by atoms with Crippen molar-refractivity contribution in [2.24, 2.45) is 0 Å². The lowest BCUT2D eigenvalue weighted by molar-refractivity contribution is -0.119. The lowest BCUT2D eigenvalue weighted by Crippen LogP contribution is -2.42. The summed E-state index contributed by atoms with van der Waals surface area (Å²) >= 11 is 4.49. The second-order valence-corrected chi connectivity index (χ2v) is 9.00. The number of hydrazine groups is 1. The van der Waals surface area contributed by atoms with Crippen molar-refractivity contribution < 1.29 is 18.0 Å². The van der Waals surface area contributed by atoms with Crippen molar-refractivity contribution in [1.29, 1.82) is 0 Å². The Labute approximate surface area is 134 Å². The Kier molecular flexibility index (Phi) is 5.33. The number of amides is 2. The van der Waals surface area contributed by atoms with E-state index in [9.17, 15) is 18.0 Å². The number of rotatable bonds is 4. The van der Waals surface area contributed by atoms with E-state index in [0.29, 0.717) is 12.1 Å². The van der Waals surface area contributed by atoms with Gasteiger partial charge in [0.15, 0.2) is 9.84 Å². The van der Waals surface area contributed by atoms with Crippen molar-refractivity contribution in [2.45, 2.75) is 11.7 Å². The van der Waals surface area contributed by atoms with Gasteiger partial charge >= 0.3 is 0 Å². The molecular formula is C11H14BrN3O4S2. The maximum absolute atomic E-state index is 11.6. The van der Waals surface area contributed by atoms with Crippen molar-refractivity contribution in [3.8, 4) is 0 Å². The van der Waals surface area contributed by atoms with E-state index >= 15 is 0 Å². The molecule has 3 N–H and O–H groups in total. The third-order valence-corrected chi connectivity index (χ3v) is 6.59. The Morgan fingerprint density at radius 1 is 1.43 bits per heavy atom. The van der Waals surface area contributed by atoms with Crippen LogP contribution in [-0.2, 0) is 14.6 Å². The number of carbonyl (C=O) groups excluding carboxylic acids is 2. The minimum Gasteiger partial charge on any atom is -0.356 e. The van der Waals surface area contributed by atoms with Gasteiger partial charge in [0, 0.05) is 15.9 Å². The average molecular weight is 396 g/mol. The average Bonchev–Trinajstić information content (AvgIpc) is 2.99. The molecule has 116 valence electrons. The van der Waals surface area contributed by atoms with Crippen LogP contribution in [0.3, 0.4) is 0 Å². The lowest BCUT2D eigenvalue weighted by atomic mass is 10.4. The molecule has 1 fully saturated rings. The molecule has 1 saturated heterocycles. The van der Waals surface area contributed by atoms with E-state index in [1.165, 1.54) is 11.8 Å². The number of hydrogen-bond acceptors (Lipinski definition) is 5. The Morgan fingerprint density at radius 2 is 2.19 bits per heavy atom. The third kappa shape index (κ3) is 5.04. The maximum atomic E-state index is 11.6. The van der Waals surface area contributed by atoms with Crippen molar-refractivity contribution in [3.05, 3.63) is 22.4 Å². The SMILES string of the molecule is O=C(CS[C@@H]1CCS(=O)(=O)C1)NNC(=O)c1cc(Br)c[nH]1.